The lowest BCUT2D eigenvalue weighted by Crippen LogP contribution is -2.09. The number of ether oxygens (including phenoxy) is 3. The molecule has 0 aliphatic carbocycles. The molecule has 0 saturated heterocycles. The maximum atomic E-state index is 12.2. The first kappa shape index (κ1) is 18.5. The largest absolute Gasteiger partial charge is 0.493 e. The first-order valence-corrected chi connectivity index (χ1v) is 7.57. The molecule has 0 amide bonds. The maximum absolute atomic E-state index is 12.2. The molecule has 0 atom stereocenters. The quantitative estimate of drug-likeness (QED) is 0.438. The van der Waals surface area contributed by atoms with Crippen LogP contribution in [-0.2, 0) is 11.3 Å². The molecule has 2 aromatic carbocycles. The minimum Gasteiger partial charge on any atom is -0.493 e. The van der Waals surface area contributed by atoms with Crippen molar-refractivity contribution in [2.45, 2.75) is 13.5 Å². The predicted molar refractivity (Wildman–Crippen MR) is 91.5 cm³/mol. The summed E-state index contributed by atoms with van der Waals surface area (Å²) < 4.78 is 15.6. The van der Waals surface area contributed by atoms with E-state index in [-0.39, 0.29) is 17.2 Å². The number of nitro groups is 1. The van der Waals surface area contributed by atoms with Gasteiger partial charge in [0.05, 0.1) is 19.1 Å². The van der Waals surface area contributed by atoms with E-state index in [0.717, 1.165) is 11.6 Å². The lowest BCUT2D eigenvalue weighted by atomic mass is 10.1. The van der Waals surface area contributed by atoms with Crippen LogP contribution in [0, 0.1) is 17.0 Å². The Labute approximate surface area is 149 Å². The summed E-state index contributed by atoms with van der Waals surface area (Å²) in [6, 6.07) is 7.22. The molecule has 8 heteroatoms. The van der Waals surface area contributed by atoms with Crippen molar-refractivity contribution < 1.29 is 23.9 Å². The van der Waals surface area contributed by atoms with Gasteiger partial charge in [-0.2, -0.15) is 0 Å². The number of hydrogen-bond donors (Lipinski definition) is 0. The molecule has 132 valence electrons. The van der Waals surface area contributed by atoms with Crippen LogP contribution in [0.5, 0.6) is 11.5 Å². The third-order valence-electron chi connectivity index (χ3n) is 3.58. The Hall–Kier alpha value is -2.80. The highest BCUT2D eigenvalue weighted by molar-refractivity contribution is 6.31. The molecule has 0 radical (unpaired) electrons. The van der Waals surface area contributed by atoms with Gasteiger partial charge in [0.1, 0.15) is 12.2 Å². The maximum Gasteiger partial charge on any atom is 0.345 e. The fourth-order valence-electron chi connectivity index (χ4n) is 2.23. The number of methoxy groups -OCH3 is 2. The summed E-state index contributed by atoms with van der Waals surface area (Å²) in [5.74, 6) is 0.248. The fraction of sp³-hybridized carbons (Fsp3) is 0.235. The SMILES string of the molecule is COc1cc(C)c(COC(=O)c2ccc(Cl)cc2[N+](=O)[O-])cc1OC. The van der Waals surface area contributed by atoms with E-state index < -0.39 is 16.6 Å². The normalized spacial score (nSPS) is 10.2. The van der Waals surface area contributed by atoms with Gasteiger partial charge in [-0.3, -0.25) is 10.1 Å². The predicted octanol–water partition coefficient (Wildman–Crippen LogP) is 3.93. The van der Waals surface area contributed by atoms with Crippen molar-refractivity contribution in [2.75, 3.05) is 14.2 Å². The monoisotopic (exact) mass is 365 g/mol. The Kier molecular flexibility index (Phi) is 5.82. The van der Waals surface area contributed by atoms with Crippen molar-refractivity contribution in [3.8, 4) is 11.5 Å². The van der Waals surface area contributed by atoms with Crippen molar-refractivity contribution in [1.82, 2.24) is 0 Å². The highest BCUT2D eigenvalue weighted by Crippen LogP contribution is 2.31. The summed E-state index contributed by atoms with van der Waals surface area (Å²) in [7, 11) is 3.02. The van der Waals surface area contributed by atoms with Gasteiger partial charge >= 0.3 is 5.97 Å². The van der Waals surface area contributed by atoms with E-state index in [0.29, 0.717) is 17.1 Å². The van der Waals surface area contributed by atoms with Crippen LogP contribution in [0.1, 0.15) is 21.5 Å². The zero-order valence-electron chi connectivity index (χ0n) is 13.9. The lowest BCUT2D eigenvalue weighted by molar-refractivity contribution is -0.385. The molecule has 2 aromatic rings. The Morgan fingerprint density at radius 3 is 2.40 bits per heavy atom. The number of carbonyl (C=O) groups is 1. The zero-order chi connectivity index (χ0) is 18.6. The van der Waals surface area contributed by atoms with Crippen LogP contribution in [0.3, 0.4) is 0 Å². The average Bonchev–Trinajstić information content (AvgIpc) is 2.59. The molecule has 0 fully saturated rings. The summed E-state index contributed by atoms with van der Waals surface area (Å²) in [6.07, 6.45) is 0. The standard InChI is InChI=1S/C17H16ClNO6/c1-10-6-15(23-2)16(24-3)7-11(10)9-25-17(20)13-5-4-12(18)8-14(13)19(21)22/h4-8H,9H2,1-3H3. The van der Waals surface area contributed by atoms with Gasteiger partial charge in [-0.05, 0) is 42.3 Å². The van der Waals surface area contributed by atoms with E-state index >= 15 is 0 Å². The zero-order valence-corrected chi connectivity index (χ0v) is 14.6. The molecule has 0 aromatic heterocycles. The second kappa shape index (κ2) is 7.85. The summed E-state index contributed by atoms with van der Waals surface area (Å²) in [6.45, 7) is 1.76. The summed E-state index contributed by atoms with van der Waals surface area (Å²) in [5.41, 5.74) is 0.965. The molecule has 0 unspecified atom stereocenters. The molecular formula is C17H16ClNO6. The van der Waals surface area contributed by atoms with Gasteiger partial charge in [0, 0.05) is 11.1 Å². The van der Waals surface area contributed by atoms with Gasteiger partial charge in [-0.15, -0.1) is 0 Å². The van der Waals surface area contributed by atoms with E-state index in [1.54, 1.807) is 12.1 Å². The number of nitrogens with zero attached hydrogens (tertiary/aromatic N) is 1. The minimum absolute atomic E-state index is 0.0647. The Morgan fingerprint density at radius 2 is 1.80 bits per heavy atom. The van der Waals surface area contributed by atoms with E-state index in [2.05, 4.69) is 0 Å². The number of rotatable bonds is 6. The fourth-order valence-corrected chi connectivity index (χ4v) is 2.39. The summed E-state index contributed by atoms with van der Waals surface area (Å²) in [5, 5.41) is 11.2. The second-order valence-electron chi connectivity index (χ2n) is 5.13. The Morgan fingerprint density at radius 1 is 1.16 bits per heavy atom. The molecule has 2 rings (SSSR count). The van der Waals surface area contributed by atoms with Crippen LogP contribution < -0.4 is 9.47 Å². The van der Waals surface area contributed by atoms with Crippen LogP contribution in [0.25, 0.3) is 0 Å². The topological polar surface area (TPSA) is 87.9 Å². The van der Waals surface area contributed by atoms with Gasteiger partial charge in [-0.1, -0.05) is 11.6 Å². The van der Waals surface area contributed by atoms with Crippen LogP contribution >= 0.6 is 11.6 Å². The van der Waals surface area contributed by atoms with Crippen molar-refractivity contribution in [3.63, 3.8) is 0 Å². The first-order chi connectivity index (χ1) is 11.9. The number of esters is 1. The molecule has 0 spiro atoms. The Bertz CT molecular complexity index is 821. The van der Waals surface area contributed by atoms with E-state index in [1.807, 2.05) is 6.92 Å². The number of aryl methyl sites for hydroxylation is 1. The van der Waals surface area contributed by atoms with Gasteiger partial charge in [0.25, 0.3) is 5.69 Å². The highest BCUT2D eigenvalue weighted by Gasteiger charge is 2.22. The molecule has 25 heavy (non-hydrogen) atoms. The Balaban J connectivity index is 2.22. The number of halogens is 1. The van der Waals surface area contributed by atoms with E-state index in [1.165, 1.54) is 26.4 Å². The van der Waals surface area contributed by atoms with Crippen molar-refractivity contribution in [2.24, 2.45) is 0 Å². The summed E-state index contributed by atoms with van der Waals surface area (Å²) in [4.78, 5) is 22.6. The number of nitro benzene ring substituents is 1. The molecule has 0 saturated carbocycles. The van der Waals surface area contributed by atoms with Gasteiger partial charge < -0.3 is 14.2 Å². The smallest absolute Gasteiger partial charge is 0.345 e. The van der Waals surface area contributed by atoms with Crippen LogP contribution in [0.4, 0.5) is 5.69 Å². The number of carbonyl (C=O) groups excluding carboxylic acids is 1. The molecule has 0 aliphatic rings. The average molecular weight is 366 g/mol. The summed E-state index contributed by atoms with van der Waals surface area (Å²) >= 11 is 5.74. The lowest BCUT2D eigenvalue weighted by Gasteiger charge is -2.13. The second-order valence-corrected chi connectivity index (χ2v) is 5.56. The molecule has 0 aliphatic heterocycles. The van der Waals surface area contributed by atoms with E-state index in [4.69, 9.17) is 25.8 Å². The molecule has 0 bridgehead atoms. The minimum atomic E-state index is -0.808. The molecule has 0 heterocycles. The van der Waals surface area contributed by atoms with Crippen molar-refractivity contribution in [3.05, 3.63) is 62.2 Å². The molecule has 0 N–H and O–H groups in total. The third-order valence-corrected chi connectivity index (χ3v) is 3.81. The first-order valence-electron chi connectivity index (χ1n) is 7.20. The number of benzene rings is 2. The van der Waals surface area contributed by atoms with Crippen molar-refractivity contribution in [1.29, 1.82) is 0 Å². The third kappa shape index (κ3) is 4.19. The number of hydrogen-bond acceptors (Lipinski definition) is 6. The van der Waals surface area contributed by atoms with Crippen LogP contribution in [0.2, 0.25) is 5.02 Å². The molecule has 7 nitrogen and oxygen atoms in total. The highest BCUT2D eigenvalue weighted by atomic mass is 35.5. The van der Waals surface area contributed by atoms with Gasteiger partial charge in [-0.25, -0.2) is 4.79 Å². The van der Waals surface area contributed by atoms with Crippen LogP contribution in [0.15, 0.2) is 30.3 Å². The van der Waals surface area contributed by atoms with Crippen LogP contribution in [-0.4, -0.2) is 25.1 Å². The van der Waals surface area contributed by atoms with E-state index in [9.17, 15) is 14.9 Å². The van der Waals surface area contributed by atoms with Gasteiger partial charge in [0.2, 0.25) is 0 Å². The van der Waals surface area contributed by atoms with Crippen molar-refractivity contribution >= 4 is 23.3 Å². The van der Waals surface area contributed by atoms with Gasteiger partial charge in [0.15, 0.2) is 11.5 Å². The molecular weight excluding hydrogens is 350 g/mol.